The van der Waals surface area contributed by atoms with Crippen LogP contribution in [0.4, 0.5) is 0 Å². The van der Waals surface area contributed by atoms with Crippen LogP contribution < -0.4 is 0 Å². The summed E-state index contributed by atoms with van der Waals surface area (Å²) in [6, 6.07) is 8.36. The summed E-state index contributed by atoms with van der Waals surface area (Å²) in [5, 5.41) is 9.72. The second-order valence-corrected chi connectivity index (χ2v) is 3.68. The fourth-order valence-electron chi connectivity index (χ4n) is 1.80. The Labute approximate surface area is 89.1 Å². The van der Waals surface area contributed by atoms with Gasteiger partial charge >= 0.3 is 0 Å². The SMILES string of the molecule is Cc1ccc2c(c1)c(/C=C/C#N)cn2C. The summed E-state index contributed by atoms with van der Waals surface area (Å²) in [7, 11) is 2.02. The van der Waals surface area contributed by atoms with Crippen LogP contribution in [-0.2, 0) is 7.05 Å². The van der Waals surface area contributed by atoms with E-state index in [1.165, 1.54) is 22.5 Å². The number of fused-ring (bicyclic) bond motifs is 1. The average Bonchev–Trinajstić information content (AvgIpc) is 2.52. The van der Waals surface area contributed by atoms with Gasteiger partial charge in [-0.05, 0) is 25.1 Å². The minimum atomic E-state index is 1.10. The molecule has 1 heterocycles. The molecule has 1 aromatic heterocycles. The molecule has 2 rings (SSSR count). The highest BCUT2D eigenvalue weighted by molar-refractivity contribution is 5.90. The fraction of sp³-hybridized carbons (Fsp3) is 0.154. The van der Waals surface area contributed by atoms with Gasteiger partial charge in [-0.25, -0.2) is 0 Å². The molecule has 1 aromatic carbocycles. The Bertz CT molecular complexity index is 568. The van der Waals surface area contributed by atoms with Crippen LogP contribution in [-0.4, -0.2) is 4.57 Å². The van der Waals surface area contributed by atoms with E-state index >= 15 is 0 Å². The van der Waals surface area contributed by atoms with E-state index in [-0.39, 0.29) is 0 Å². The van der Waals surface area contributed by atoms with Gasteiger partial charge < -0.3 is 4.57 Å². The maximum Gasteiger partial charge on any atom is 0.0912 e. The van der Waals surface area contributed by atoms with Gasteiger partial charge in [-0.1, -0.05) is 11.6 Å². The van der Waals surface area contributed by atoms with Crippen molar-refractivity contribution in [3.05, 3.63) is 41.6 Å². The number of nitriles is 1. The van der Waals surface area contributed by atoms with Crippen molar-refractivity contribution in [3.63, 3.8) is 0 Å². The lowest BCUT2D eigenvalue weighted by atomic mass is 10.1. The molecule has 15 heavy (non-hydrogen) atoms. The van der Waals surface area contributed by atoms with Crippen LogP contribution in [0.15, 0.2) is 30.5 Å². The molecule has 0 atom stereocenters. The molecule has 74 valence electrons. The summed E-state index contributed by atoms with van der Waals surface area (Å²) in [6.45, 7) is 2.07. The predicted octanol–water partition coefficient (Wildman–Crippen LogP) is 3.02. The maximum atomic E-state index is 8.52. The molecule has 0 saturated heterocycles. The standard InChI is InChI=1S/C13H12N2/c1-10-5-6-13-12(8-10)11(4-3-7-14)9-15(13)2/h3-6,8-9H,1-2H3/b4-3+. The molecule has 2 heteroatoms. The third-order valence-electron chi connectivity index (χ3n) is 2.51. The van der Waals surface area contributed by atoms with Gasteiger partial charge in [0.25, 0.3) is 0 Å². The molecule has 0 unspecified atom stereocenters. The molecule has 0 spiro atoms. The van der Waals surface area contributed by atoms with E-state index < -0.39 is 0 Å². The zero-order valence-corrected chi connectivity index (χ0v) is 8.86. The molecule has 0 fully saturated rings. The first-order chi connectivity index (χ1) is 7.22. The summed E-state index contributed by atoms with van der Waals surface area (Å²) in [5.41, 5.74) is 3.52. The summed E-state index contributed by atoms with van der Waals surface area (Å²) in [6.07, 6.45) is 5.40. The van der Waals surface area contributed by atoms with Gasteiger partial charge in [-0.2, -0.15) is 5.26 Å². The van der Waals surface area contributed by atoms with Gasteiger partial charge in [0.2, 0.25) is 0 Å². The number of allylic oxidation sites excluding steroid dienone is 1. The van der Waals surface area contributed by atoms with Crippen molar-refractivity contribution in [2.24, 2.45) is 7.05 Å². The molecule has 0 saturated carbocycles. The van der Waals surface area contributed by atoms with E-state index in [2.05, 4.69) is 29.7 Å². The second kappa shape index (κ2) is 3.62. The number of rotatable bonds is 1. The van der Waals surface area contributed by atoms with E-state index in [4.69, 9.17) is 5.26 Å². The fourth-order valence-corrected chi connectivity index (χ4v) is 1.80. The van der Waals surface area contributed by atoms with Crippen LogP contribution in [0.25, 0.3) is 17.0 Å². The lowest BCUT2D eigenvalue weighted by Crippen LogP contribution is -1.82. The Balaban J connectivity index is 2.71. The lowest BCUT2D eigenvalue weighted by Gasteiger charge is -1.96. The quantitative estimate of drug-likeness (QED) is 0.644. The van der Waals surface area contributed by atoms with Crippen LogP contribution in [0.2, 0.25) is 0 Å². The van der Waals surface area contributed by atoms with Crippen molar-refractivity contribution in [1.82, 2.24) is 4.57 Å². The minimum absolute atomic E-state index is 1.10. The Kier molecular flexibility index (Phi) is 2.31. The van der Waals surface area contributed by atoms with Gasteiger partial charge in [0.1, 0.15) is 0 Å². The van der Waals surface area contributed by atoms with Crippen LogP contribution in [0, 0.1) is 18.3 Å². The minimum Gasteiger partial charge on any atom is -0.350 e. The van der Waals surface area contributed by atoms with E-state index in [1.54, 1.807) is 0 Å². The number of hydrogen-bond donors (Lipinski definition) is 0. The van der Waals surface area contributed by atoms with Gasteiger partial charge in [0.05, 0.1) is 6.07 Å². The van der Waals surface area contributed by atoms with Crippen molar-refractivity contribution in [2.45, 2.75) is 6.92 Å². The first-order valence-electron chi connectivity index (χ1n) is 4.84. The molecule has 0 radical (unpaired) electrons. The monoisotopic (exact) mass is 196 g/mol. The van der Waals surface area contributed by atoms with Crippen molar-refractivity contribution < 1.29 is 0 Å². The van der Waals surface area contributed by atoms with Crippen molar-refractivity contribution in [1.29, 1.82) is 5.26 Å². The highest BCUT2D eigenvalue weighted by Gasteiger charge is 2.03. The first kappa shape index (κ1) is 9.54. The van der Waals surface area contributed by atoms with E-state index in [0.717, 1.165) is 5.56 Å². The van der Waals surface area contributed by atoms with Gasteiger partial charge in [0.15, 0.2) is 0 Å². The number of aromatic nitrogens is 1. The van der Waals surface area contributed by atoms with Gasteiger partial charge in [-0.15, -0.1) is 0 Å². The van der Waals surface area contributed by atoms with E-state index in [1.807, 2.05) is 25.4 Å². The third kappa shape index (κ3) is 1.64. The Morgan fingerprint density at radius 3 is 2.93 bits per heavy atom. The first-order valence-corrected chi connectivity index (χ1v) is 4.84. The summed E-state index contributed by atoms with van der Waals surface area (Å²) >= 11 is 0. The van der Waals surface area contributed by atoms with Crippen molar-refractivity contribution >= 4 is 17.0 Å². The molecule has 0 aliphatic heterocycles. The van der Waals surface area contributed by atoms with Crippen LogP contribution in [0.3, 0.4) is 0 Å². The van der Waals surface area contributed by atoms with Gasteiger partial charge in [-0.3, -0.25) is 0 Å². The molecular formula is C13H12N2. The second-order valence-electron chi connectivity index (χ2n) is 3.68. The molecule has 0 bridgehead atoms. The van der Waals surface area contributed by atoms with Crippen LogP contribution in [0.1, 0.15) is 11.1 Å². The summed E-state index contributed by atoms with van der Waals surface area (Å²) < 4.78 is 2.08. The number of nitrogens with zero attached hydrogens (tertiary/aromatic N) is 2. The number of hydrogen-bond acceptors (Lipinski definition) is 1. The Morgan fingerprint density at radius 1 is 1.40 bits per heavy atom. The van der Waals surface area contributed by atoms with Crippen molar-refractivity contribution in [2.75, 3.05) is 0 Å². The predicted molar refractivity (Wildman–Crippen MR) is 62.3 cm³/mol. The van der Waals surface area contributed by atoms with E-state index in [0.29, 0.717) is 0 Å². The average molecular weight is 196 g/mol. The van der Waals surface area contributed by atoms with Crippen LogP contribution in [0.5, 0.6) is 0 Å². The summed E-state index contributed by atoms with van der Waals surface area (Å²) in [5.74, 6) is 0. The zero-order valence-electron chi connectivity index (χ0n) is 8.86. The number of benzene rings is 1. The van der Waals surface area contributed by atoms with Crippen LogP contribution >= 0.6 is 0 Å². The highest BCUT2D eigenvalue weighted by atomic mass is 14.9. The van der Waals surface area contributed by atoms with Crippen molar-refractivity contribution in [3.8, 4) is 6.07 Å². The molecule has 0 aliphatic rings. The molecule has 0 amide bonds. The zero-order chi connectivity index (χ0) is 10.8. The molecule has 0 N–H and O–H groups in total. The Hall–Kier alpha value is -2.01. The maximum absolute atomic E-state index is 8.52. The number of aryl methyl sites for hydroxylation is 2. The normalized spacial score (nSPS) is 11.0. The molecule has 2 nitrogen and oxygen atoms in total. The highest BCUT2D eigenvalue weighted by Crippen LogP contribution is 2.22. The summed E-state index contributed by atoms with van der Waals surface area (Å²) in [4.78, 5) is 0. The molecule has 0 aliphatic carbocycles. The smallest absolute Gasteiger partial charge is 0.0912 e. The lowest BCUT2D eigenvalue weighted by molar-refractivity contribution is 0.968. The molecule has 2 aromatic rings. The van der Waals surface area contributed by atoms with Gasteiger partial charge in [0, 0.05) is 35.8 Å². The third-order valence-corrected chi connectivity index (χ3v) is 2.51. The van der Waals surface area contributed by atoms with E-state index in [9.17, 15) is 0 Å². The Morgan fingerprint density at radius 2 is 2.20 bits per heavy atom. The molecular weight excluding hydrogens is 184 g/mol. The topological polar surface area (TPSA) is 28.7 Å². The largest absolute Gasteiger partial charge is 0.350 e.